The van der Waals surface area contributed by atoms with Crippen molar-refractivity contribution >= 4 is 11.3 Å². The second-order valence-electron chi connectivity index (χ2n) is 4.45. The number of nitriles is 1. The van der Waals surface area contributed by atoms with E-state index in [2.05, 4.69) is 29.9 Å². The van der Waals surface area contributed by atoms with E-state index in [1.54, 1.807) is 0 Å². The average Bonchev–Trinajstić information content (AvgIpc) is 2.48. The Hall–Kier alpha value is -2.73. The molecule has 100 valence electrons. The summed E-state index contributed by atoms with van der Waals surface area (Å²) < 4.78 is 0. The largest absolute Gasteiger partial charge is 0.384 e. The van der Waals surface area contributed by atoms with E-state index in [0.29, 0.717) is 13.0 Å². The lowest BCUT2D eigenvalue weighted by Gasteiger charge is -2.15. The van der Waals surface area contributed by atoms with Crippen molar-refractivity contribution in [2.45, 2.75) is 6.42 Å². The fourth-order valence-corrected chi connectivity index (χ4v) is 1.96. The molecule has 1 aromatic carbocycles. The highest BCUT2D eigenvalue weighted by atomic mass is 14.9. The topological polar surface area (TPSA) is 47.8 Å². The van der Waals surface area contributed by atoms with Crippen LogP contribution in [-0.2, 0) is 0 Å². The lowest BCUT2D eigenvalue weighted by molar-refractivity contribution is 0.877. The van der Waals surface area contributed by atoms with E-state index in [0.717, 1.165) is 28.1 Å². The van der Waals surface area contributed by atoms with Gasteiger partial charge in [0.15, 0.2) is 0 Å². The maximum Gasteiger partial charge on any atom is 0.0640 e. The van der Waals surface area contributed by atoms with E-state index in [1.807, 2.05) is 42.6 Å². The highest BCUT2D eigenvalue weighted by Gasteiger charge is 2.07. The molecule has 0 bridgehead atoms. The van der Waals surface area contributed by atoms with Crippen molar-refractivity contribution in [3.63, 3.8) is 0 Å². The minimum absolute atomic E-state index is 0.474. The first-order valence-electron chi connectivity index (χ1n) is 6.45. The van der Waals surface area contributed by atoms with Crippen molar-refractivity contribution in [1.29, 1.82) is 5.26 Å². The van der Waals surface area contributed by atoms with Crippen LogP contribution in [-0.4, -0.2) is 6.54 Å². The molecular weight excluding hydrogens is 246 g/mol. The van der Waals surface area contributed by atoms with E-state index in [1.165, 1.54) is 0 Å². The summed E-state index contributed by atoms with van der Waals surface area (Å²) in [7, 11) is 0. The van der Waals surface area contributed by atoms with Crippen LogP contribution < -0.4 is 10.6 Å². The van der Waals surface area contributed by atoms with Crippen LogP contribution in [0.4, 0.5) is 0 Å². The third-order valence-corrected chi connectivity index (χ3v) is 3.06. The van der Waals surface area contributed by atoms with E-state index in [9.17, 15) is 0 Å². The average molecular weight is 263 g/mol. The highest BCUT2D eigenvalue weighted by Crippen LogP contribution is 2.23. The summed E-state index contributed by atoms with van der Waals surface area (Å²) in [5.41, 5.74) is 4.95. The summed E-state index contributed by atoms with van der Waals surface area (Å²) in [5.74, 6) is 0. The summed E-state index contributed by atoms with van der Waals surface area (Å²) >= 11 is 0. The number of allylic oxidation sites excluding steroid dienone is 3. The van der Waals surface area contributed by atoms with Gasteiger partial charge < -0.3 is 10.6 Å². The third kappa shape index (κ3) is 3.18. The number of nitrogens with zero attached hydrogens (tertiary/aromatic N) is 1. The molecule has 1 heterocycles. The van der Waals surface area contributed by atoms with Crippen molar-refractivity contribution in [3.05, 3.63) is 72.6 Å². The van der Waals surface area contributed by atoms with Gasteiger partial charge in [0, 0.05) is 29.7 Å². The van der Waals surface area contributed by atoms with E-state index in [4.69, 9.17) is 5.26 Å². The van der Waals surface area contributed by atoms with Crippen LogP contribution in [0.15, 0.2) is 61.5 Å². The van der Waals surface area contributed by atoms with E-state index < -0.39 is 0 Å². The van der Waals surface area contributed by atoms with Gasteiger partial charge in [-0.15, -0.1) is 0 Å². The molecule has 20 heavy (non-hydrogen) atoms. The standard InChI is InChI=1S/C17H17N3/c1-13(19-12-4-10-18)15-6-8-16(9-7-15)17-5-3-11-20-14(17)2/h3,5-9,11,19-20H,1-2,4,12H2. The second kappa shape index (κ2) is 6.44. The maximum atomic E-state index is 8.51. The molecule has 1 aliphatic rings. The first-order valence-corrected chi connectivity index (χ1v) is 6.45. The minimum Gasteiger partial charge on any atom is -0.384 e. The van der Waals surface area contributed by atoms with Crippen molar-refractivity contribution < 1.29 is 0 Å². The lowest BCUT2D eigenvalue weighted by Crippen LogP contribution is -2.12. The summed E-state index contributed by atoms with van der Waals surface area (Å²) in [4.78, 5) is 0. The Morgan fingerprint density at radius 2 is 2.05 bits per heavy atom. The summed E-state index contributed by atoms with van der Waals surface area (Å²) in [6.07, 6.45) is 6.33. The molecule has 0 fully saturated rings. The molecule has 0 spiro atoms. The Bertz CT molecular complexity index is 613. The van der Waals surface area contributed by atoms with Crippen LogP contribution in [0.1, 0.15) is 17.5 Å². The van der Waals surface area contributed by atoms with Crippen LogP contribution in [0.25, 0.3) is 11.3 Å². The molecule has 0 atom stereocenters. The lowest BCUT2D eigenvalue weighted by atomic mass is 9.99. The number of benzene rings is 1. The van der Waals surface area contributed by atoms with Gasteiger partial charge in [-0.3, -0.25) is 0 Å². The zero-order chi connectivity index (χ0) is 14.4. The monoisotopic (exact) mass is 263 g/mol. The van der Waals surface area contributed by atoms with Crippen molar-refractivity contribution in [3.8, 4) is 6.07 Å². The van der Waals surface area contributed by atoms with Gasteiger partial charge in [-0.1, -0.05) is 43.5 Å². The number of hydrogen-bond donors (Lipinski definition) is 2. The normalized spacial score (nSPS) is 13.2. The maximum absolute atomic E-state index is 8.51. The van der Waals surface area contributed by atoms with Crippen LogP contribution in [0.5, 0.6) is 0 Å². The number of rotatable bonds is 5. The Kier molecular flexibility index (Phi) is 4.41. The zero-order valence-electron chi connectivity index (χ0n) is 11.3. The Morgan fingerprint density at radius 3 is 2.70 bits per heavy atom. The molecule has 1 aliphatic heterocycles. The van der Waals surface area contributed by atoms with Gasteiger partial charge in [-0.05, 0) is 17.2 Å². The molecule has 1 aromatic rings. The summed E-state index contributed by atoms with van der Waals surface area (Å²) in [5, 5.41) is 14.7. The van der Waals surface area contributed by atoms with E-state index >= 15 is 0 Å². The minimum atomic E-state index is 0.474. The zero-order valence-corrected chi connectivity index (χ0v) is 11.3. The molecule has 2 rings (SSSR count). The molecule has 0 saturated heterocycles. The first kappa shape index (κ1) is 13.7. The summed E-state index contributed by atoms with van der Waals surface area (Å²) in [6, 6.07) is 10.2. The van der Waals surface area contributed by atoms with Crippen LogP contribution >= 0.6 is 0 Å². The molecule has 0 amide bonds. The molecule has 0 aliphatic carbocycles. The van der Waals surface area contributed by atoms with Gasteiger partial charge >= 0.3 is 0 Å². The van der Waals surface area contributed by atoms with Gasteiger partial charge in [0.1, 0.15) is 0 Å². The van der Waals surface area contributed by atoms with Crippen LogP contribution in [0, 0.1) is 11.3 Å². The van der Waals surface area contributed by atoms with Gasteiger partial charge in [0.2, 0.25) is 0 Å². The number of dihydropyridines is 1. The number of nitrogens with one attached hydrogen (secondary N) is 2. The fourth-order valence-electron chi connectivity index (χ4n) is 1.96. The molecule has 0 unspecified atom stereocenters. The smallest absolute Gasteiger partial charge is 0.0640 e. The quantitative estimate of drug-likeness (QED) is 0.802. The van der Waals surface area contributed by atoms with Gasteiger partial charge in [0.05, 0.1) is 12.5 Å². The summed E-state index contributed by atoms with van der Waals surface area (Å²) in [6.45, 7) is 8.58. The first-order chi connectivity index (χ1) is 9.72. The highest BCUT2D eigenvalue weighted by molar-refractivity contribution is 5.81. The predicted octanol–water partition coefficient (Wildman–Crippen LogP) is 3.17. The molecule has 2 N–H and O–H groups in total. The number of hydrogen-bond acceptors (Lipinski definition) is 3. The van der Waals surface area contributed by atoms with Gasteiger partial charge in [0.25, 0.3) is 0 Å². The van der Waals surface area contributed by atoms with E-state index in [-0.39, 0.29) is 0 Å². The van der Waals surface area contributed by atoms with Crippen LogP contribution in [0.2, 0.25) is 0 Å². The Balaban J connectivity index is 2.09. The SMILES string of the molecule is C=C1NC=CC=C1c1ccc(C(=C)NCCC#N)cc1. The molecule has 3 heteroatoms. The predicted molar refractivity (Wildman–Crippen MR) is 83.1 cm³/mol. The molecule has 0 saturated carbocycles. The fraction of sp³-hybridized carbons (Fsp3) is 0.118. The van der Waals surface area contributed by atoms with Crippen LogP contribution in [0.3, 0.4) is 0 Å². The Labute approximate surface area is 119 Å². The van der Waals surface area contributed by atoms with Crippen molar-refractivity contribution in [2.24, 2.45) is 0 Å². The van der Waals surface area contributed by atoms with Crippen molar-refractivity contribution in [2.75, 3.05) is 6.54 Å². The molecule has 0 aromatic heterocycles. The second-order valence-corrected chi connectivity index (χ2v) is 4.45. The van der Waals surface area contributed by atoms with Crippen molar-refractivity contribution in [1.82, 2.24) is 10.6 Å². The third-order valence-electron chi connectivity index (χ3n) is 3.06. The molecule has 3 nitrogen and oxygen atoms in total. The Morgan fingerprint density at radius 1 is 1.30 bits per heavy atom. The van der Waals surface area contributed by atoms with Gasteiger partial charge in [-0.25, -0.2) is 0 Å². The van der Waals surface area contributed by atoms with Gasteiger partial charge in [-0.2, -0.15) is 5.26 Å². The molecular formula is C17H17N3. The molecule has 0 radical (unpaired) electrons.